The molecule has 0 radical (unpaired) electrons. The molecule has 1 aromatic carbocycles. The fourth-order valence-corrected chi connectivity index (χ4v) is 2.30. The second-order valence-electron chi connectivity index (χ2n) is 5.17. The fraction of sp³-hybridized carbons (Fsp3) is 0.500. The van der Waals surface area contributed by atoms with Crippen LogP contribution in [0.25, 0.3) is 0 Å². The van der Waals surface area contributed by atoms with E-state index in [1.54, 1.807) is 11.9 Å². The lowest BCUT2D eigenvalue weighted by Crippen LogP contribution is -2.46. The van der Waals surface area contributed by atoms with Gasteiger partial charge in [-0.2, -0.15) is 0 Å². The zero-order valence-electron chi connectivity index (χ0n) is 10.9. The van der Waals surface area contributed by atoms with Gasteiger partial charge in [0.05, 0.1) is 0 Å². The molecule has 1 amide bonds. The van der Waals surface area contributed by atoms with E-state index >= 15 is 0 Å². The van der Waals surface area contributed by atoms with Crippen molar-refractivity contribution in [1.29, 1.82) is 0 Å². The van der Waals surface area contributed by atoms with Crippen LogP contribution < -0.4 is 5.73 Å². The van der Waals surface area contributed by atoms with Crippen molar-refractivity contribution in [2.24, 2.45) is 11.7 Å². The number of amides is 1. The van der Waals surface area contributed by atoms with Gasteiger partial charge < -0.3 is 10.6 Å². The fourth-order valence-electron chi connectivity index (χ4n) is 2.30. The second kappa shape index (κ2) is 5.65. The topological polar surface area (TPSA) is 46.3 Å². The average Bonchev–Trinajstić information content (AvgIpc) is 2.32. The third kappa shape index (κ3) is 3.29. The summed E-state index contributed by atoms with van der Waals surface area (Å²) in [4.78, 5) is 13.5. The second-order valence-corrected chi connectivity index (χ2v) is 5.17. The highest BCUT2D eigenvalue weighted by molar-refractivity contribution is 5.79. The summed E-state index contributed by atoms with van der Waals surface area (Å²) < 4.78 is 26.2. The van der Waals surface area contributed by atoms with E-state index < -0.39 is 11.6 Å². The highest BCUT2D eigenvalue weighted by Crippen LogP contribution is 2.27. The van der Waals surface area contributed by atoms with Gasteiger partial charge >= 0.3 is 0 Å². The molecule has 0 heterocycles. The van der Waals surface area contributed by atoms with Gasteiger partial charge in [-0.25, -0.2) is 8.78 Å². The van der Waals surface area contributed by atoms with Gasteiger partial charge in [0.2, 0.25) is 5.91 Å². The zero-order valence-corrected chi connectivity index (χ0v) is 10.9. The van der Waals surface area contributed by atoms with Crippen molar-refractivity contribution < 1.29 is 13.6 Å². The van der Waals surface area contributed by atoms with Crippen molar-refractivity contribution in [3.8, 4) is 0 Å². The minimum absolute atomic E-state index is 0.0121. The van der Waals surface area contributed by atoms with E-state index in [2.05, 4.69) is 0 Å². The maximum Gasteiger partial charge on any atom is 0.225 e. The van der Waals surface area contributed by atoms with E-state index in [9.17, 15) is 13.6 Å². The van der Waals surface area contributed by atoms with Gasteiger partial charge in [-0.3, -0.25) is 4.79 Å². The summed E-state index contributed by atoms with van der Waals surface area (Å²) in [6.45, 7) is 0.424. The SMILES string of the molecule is CN(CCc1ccc(F)cc1F)C(=O)C1CC(N)C1. The van der Waals surface area contributed by atoms with Crippen LogP contribution in [0.3, 0.4) is 0 Å². The number of hydrogen-bond donors (Lipinski definition) is 1. The first-order chi connectivity index (χ1) is 8.97. The molecule has 104 valence electrons. The lowest BCUT2D eigenvalue weighted by Gasteiger charge is -2.34. The summed E-state index contributed by atoms with van der Waals surface area (Å²) in [5.74, 6) is -1.08. The molecule has 2 N–H and O–H groups in total. The van der Waals surface area contributed by atoms with E-state index in [1.807, 2.05) is 0 Å². The van der Waals surface area contributed by atoms with E-state index in [1.165, 1.54) is 12.1 Å². The molecular formula is C14H18F2N2O. The van der Waals surface area contributed by atoms with E-state index in [0.29, 0.717) is 18.5 Å². The van der Waals surface area contributed by atoms with E-state index in [0.717, 1.165) is 18.9 Å². The van der Waals surface area contributed by atoms with Crippen LogP contribution in [0.4, 0.5) is 8.78 Å². The Morgan fingerprint density at radius 2 is 2.11 bits per heavy atom. The molecule has 2 rings (SSSR count). The van der Waals surface area contributed by atoms with Crippen molar-refractivity contribution in [3.05, 3.63) is 35.4 Å². The van der Waals surface area contributed by atoms with Crippen LogP contribution in [0.2, 0.25) is 0 Å². The first-order valence-corrected chi connectivity index (χ1v) is 6.42. The Kier molecular flexibility index (Phi) is 4.14. The summed E-state index contributed by atoms with van der Waals surface area (Å²) in [5, 5.41) is 0. The quantitative estimate of drug-likeness (QED) is 0.903. The molecule has 0 bridgehead atoms. The molecule has 3 nitrogen and oxygen atoms in total. The van der Waals surface area contributed by atoms with Gasteiger partial charge in [0.15, 0.2) is 0 Å². The van der Waals surface area contributed by atoms with Crippen LogP contribution in [0.15, 0.2) is 18.2 Å². The standard InChI is InChI=1S/C14H18F2N2O/c1-18(14(19)10-6-12(17)7-10)5-4-9-2-3-11(15)8-13(9)16/h2-3,8,10,12H,4-7,17H2,1H3. The van der Waals surface area contributed by atoms with Crippen LogP contribution in [0.5, 0.6) is 0 Å². The lowest BCUT2D eigenvalue weighted by atomic mass is 9.80. The molecule has 1 aromatic rings. The third-order valence-electron chi connectivity index (χ3n) is 3.63. The summed E-state index contributed by atoms with van der Waals surface area (Å²) in [6.07, 6.45) is 1.84. The molecule has 1 saturated carbocycles. The van der Waals surface area contributed by atoms with Crippen LogP contribution in [-0.2, 0) is 11.2 Å². The number of hydrogen-bond acceptors (Lipinski definition) is 2. The van der Waals surface area contributed by atoms with Crippen LogP contribution in [-0.4, -0.2) is 30.4 Å². The van der Waals surface area contributed by atoms with E-state index in [4.69, 9.17) is 5.73 Å². The maximum absolute atomic E-state index is 13.4. The Morgan fingerprint density at radius 1 is 1.42 bits per heavy atom. The summed E-state index contributed by atoms with van der Waals surface area (Å²) in [5.41, 5.74) is 6.07. The number of likely N-dealkylation sites (N-methyl/N-ethyl adjacent to an activating group) is 1. The van der Waals surface area contributed by atoms with Crippen molar-refractivity contribution in [3.63, 3.8) is 0 Å². The first-order valence-electron chi connectivity index (χ1n) is 6.42. The van der Waals surface area contributed by atoms with Gasteiger partial charge in [-0.15, -0.1) is 0 Å². The van der Waals surface area contributed by atoms with Gasteiger partial charge in [-0.1, -0.05) is 6.07 Å². The molecule has 0 unspecified atom stereocenters. The zero-order chi connectivity index (χ0) is 14.0. The molecule has 19 heavy (non-hydrogen) atoms. The number of halogens is 2. The van der Waals surface area contributed by atoms with Crippen molar-refractivity contribution in [2.45, 2.75) is 25.3 Å². The van der Waals surface area contributed by atoms with Crippen LogP contribution in [0.1, 0.15) is 18.4 Å². The predicted octanol–water partition coefficient (Wildman–Crippen LogP) is 1.70. The Balaban J connectivity index is 1.86. The normalized spacial score (nSPS) is 21.9. The molecule has 1 fully saturated rings. The average molecular weight is 268 g/mol. The third-order valence-corrected chi connectivity index (χ3v) is 3.63. The van der Waals surface area contributed by atoms with Gasteiger partial charge in [0, 0.05) is 31.6 Å². The van der Waals surface area contributed by atoms with Crippen LogP contribution >= 0.6 is 0 Å². The smallest absolute Gasteiger partial charge is 0.225 e. The molecule has 0 aliphatic heterocycles. The molecular weight excluding hydrogens is 250 g/mol. The highest BCUT2D eigenvalue weighted by Gasteiger charge is 2.33. The maximum atomic E-state index is 13.4. The van der Waals surface area contributed by atoms with Crippen molar-refractivity contribution >= 4 is 5.91 Å². The lowest BCUT2D eigenvalue weighted by molar-refractivity contribution is -0.137. The van der Waals surface area contributed by atoms with E-state index in [-0.39, 0.29) is 17.9 Å². The van der Waals surface area contributed by atoms with Crippen molar-refractivity contribution in [1.82, 2.24) is 4.90 Å². The molecule has 0 saturated heterocycles. The van der Waals surface area contributed by atoms with Gasteiger partial charge in [0.1, 0.15) is 11.6 Å². The summed E-state index contributed by atoms with van der Waals surface area (Å²) >= 11 is 0. The van der Waals surface area contributed by atoms with Gasteiger partial charge in [-0.05, 0) is 30.9 Å². The Hall–Kier alpha value is -1.49. The number of carbonyl (C=O) groups excluding carboxylic acids is 1. The summed E-state index contributed by atoms with van der Waals surface area (Å²) in [6, 6.07) is 3.65. The van der Waals surface area contributed by atoms with Gasteiger partial charge in [0.25, 0.3) is 0 Å². The molecule has 0 spiro atoms. The number of nitrogens with zero attached hydrogens (tertiary/aromatic N) is 1. The number of benzene rings is 1. The van der Waals surface area contributed by atoms with Crippen LogP contribution in [0, 0.1) is 17.6 Å². The summed E-state index contributed by atoms with van der Waals surface area (Å²) in [7, 11) is 1.70. The molecule has 1 aliphatic rings. The molecule has 0 atom stereocenters. The predicted molar refractivity (Wildman–Crippen MR) is 68.4 cm³/mol. The largest absolute Gasteiger partial charge is 0.345 e. The minimum Gasteiger partial charge on any atom is -0.345 e. The first kappa shape index (κ1) is 13.9. The minimum atomic E-state index is -0.589. The molecule has 0 aromatic heterocycles. The Labute approximate surface area is 111 Å². The molecule has 5 heteroatoms. The number of nitrogens with two attached hydrogens (primary N) is 1. The molecule has 1 aliphatic carbocycles. The Bertz CT molecular complexity index is 473. The Morgan fingerprint density at radius 3 is 2.68 bits per heavy atom. The number of carbonyl (C=O) groups is 1. The number of rotatable bonds is 4. The monoisotopic (exact) mass is 268 g/mol. The van der Waals surface area contributed by atoms with Crippen molar-refractivity contribution in [2.75, 3.05) is 13.6 Å². The highest BCUT2D eigenvalue weighted by atomic mass is 19.1.